The third kappa shape index (κ3) is 5.65. The van der Waals surface area contributed by atoms with Crippen LogP contribution in [0.4, 0.5) is 5.69 Å². The van der Waals surface area contributed by atoms with Gasteiger partial charge in [-0.25, -0.2) is 4.79 Å². The molecule has 3 N–H and O–H groups in total. The summed E-state index contributed by atoms with van der Waals surface area (Å²) in [5.74, 6) is -0.963. The van der Waals surface area contributed by atoms with Crippen LogP contribution in [-0.4, -0.2) is 43.5 Å². The van der Waals surface area contributed by atoms with Gasteiger partial charge in [-0.1, -0.05) is 30.3 Å². The van der Waals surface area contributed by atoms with Gasteiger partial charge in [-0.05, 0) is 49.2 Å². The first-order valence-corrected chi connectivity index (χ1v) is 9.64. The van der Waals surface area contributed by atoms with Gasteiger partial charge in [0, 0.05) is 17.7 Å². The van der Waals surface area contributed by atoms with Gasteiger partial charge in [-0.3, -0.25) is 9.59 Å². The van der Waals surface area contributed by atoms with Crippen molar-refractivity contribution in [3.05, 3.63) is 65.7 Å². The molecule has 7 heteroatoms. The van der Waals surface area contributed by atoms with Gasteiger partial charge >= 0.3 is 5.97 Å². The molecule has 1 aliphatic rings. The minimum Gasteiger partial charge on any atom is -0.467 e. The highest BCUT2D eigenvalue weighted by atomic mass is 16.5. The van der Waals surface area contributed by atoms with Crippen molar-refractivity contribution in [3.63, 3.8) is 0 Å². The van der Waals surface area contributed by atoms with Crippen LogP contribution in [0.3, 0.4) is 0 Å². The van der Waals surface area contributed by atoms with E-state index in [9.17, 15) is 14.4 Å². The number of methoxy groups -OCH3 is 1. The second-order valence-corrected chi connectivity index (χ2v) is 6.95. The second kappa shape index (κ2) is 9.84. The molecule has 2 aromatic carbocycles. The number of esters is 1. The Balaban J connectivity index is 1.61. The highest BCUT2D eigenvalue weighted by molar-refractivity contribution is 5.98. The molecule has 0 bridgehead atoms. The van der Waals surface area contributed by atoms with Crippen LogP contribution in [0.1, 0.15) is 28.8 Å². The van der Waals surface area contributed by atoms with E-state index in [0.717, 1.165) is 24.9 Å². The summed E-state index contributed by atoms with van der Waals surface area (Å²) in [4.78, 5) is 36.8. The molecule has 1 saturated heterocycles. The number of hydrogen-bond acceptors (Lipinski definition) is 5. The molecule has 2 unspecified atom stereocenters. The maximum Gasteiger partial charge on any atom is 0.328 e. The Morgan fingerprint density at radius 3 is 2.45 bits per heavy atom. The fourth-order valence-corrected chi connectivity index (χ4v) is 3.27. The van der Waals surface area contributed by atoms with Gasteiger partial charge in [0.05, 0.1) is 13.2 Å². The summed E-state index contributed by atoms with van der Waals surface area (Å²) in [6.07, 6.45) is 2.14. The van der Waals surface area contributed by atoms with E-state index in [1.807, 2.05) is 30.3 Å². The summed E-state index contributed by atoms with van der Waals surface area (Å²) in [7, 11) is 1.29. The molecule has 0 aliphatic carbocycles. The molecule has 152 valence electrons. The number of benzene rings is 2. The molecule has 0 spiro atoms. The van der Waals surface area contributed by atoms with E-state index >= 15 is 0 Å². The SMILES string of the molecule is COC(=O)C(Cc1ccccc1)NC(=O)c1ccc(NC(=O)C2CCCN2)cc1. The molecular weight excluding hydrogens is 370 g/mol. The second-order valence-electron chi connectivity index (χ2n) is 6.95. The van der Waals surface area contributed by atoms with Crippen LogP contribution in [-0.2, 0) is 20.7 Å². The van der Waals surface area contributed by atoms with Crippen molar-refractivity contribution < 1.29 is 19.1 Å². The van der Waals surface area contributed by atoms with Crippen molar-refractivity contribution in [2.45, 2.75) is 31.3 Å². The number of carbonyl (C=O) groups excluding carboxylic acids is 3. The van der Waals surface area contributed by atoms with Gasteiger partial charge in [-0.15, -0.1) is 0 Å². The predicted molar refractivity (Wildman–Crippen MR) is 110 cm³/mol. The van der Waals surface area contributed by atoms with Gasteiger partial charge in [0.25, 0.3) is 5.91 Å². The molecule has 1 heterocycles. The number of rotatable bonds is 7. The molecule has 1 aliphatic heterocycles. The highest BCUT2D eigenvalue weighted by Crippen LogP contribution is 2.13. The summed E-state index contributed by atoms with van der Waals surface area (Å²) in [5.41, 5.74) is 1.93. The third-order valence-electron chi connectivity index (χ3n) is 4.87. The molecule has 2 atom stereocenters. The van der Waals surface area contributed by atoms with Crippen molar-refractivity contribution in [2.75, 3.05) is 19.0 Å². The van der Waals surface area contributed by atoms with E-state index < -0.39 is 12.0 Å². The van der Waals surface area contributed by atoms with Crippen LogP contribution >= 0.6 is 0 Å². The number of carbonyl (C=O) groups is 3. The van der Waals surface area contributed by atoms with Crippen LogP contribution in [0.15, 0.2) is 54.6 Å². The average Bonchev–Trinajstić information content (AvgIpc) is 3.29. The van der Waals surface area contributed by atoms with Crippen molar-refractivity contribution >= 4 is 23.5 Å². The van der Waals surface area contributed by atoms with Gasteiger partial charge in [0.2, 0.25) is 5.91 Å². The zero-order chi connectivity index (χ0) is 20.6. The normalized spacial score (nSPS) is 16.7. The van der Waals surface area contributed by atoms with Crippen LogP contribution in [0.2, 0.25) is 0 Å². The lowest BCUT2D eigenvalue weighted by Crippen LogP contribution is -2.43. The minimum atomic E-state index is -0.789. The fraction of sp³-hybridized carbons (Fsp3) is 0.318. The summed E-state index contributed by atoms with van der Waals surface area (Å²) < 4.78 is 4.83. The molecule has 0 aromatic heterocycles. The largest absolute Gasteiger partial charge is 0.467 e. The van der Waals surface area contributed by atoms with Crippen LogP contribution in [0.5, 0.6) is 0 Å². The summed E-state index contributed by atoms with van der Waals surface area (Å²) in [6, 6.07) is 15.0. The Morgan fingerprint density at radius 2 is 1.83 bits per heavy atom. The van der Waals surface area contributed by atoms with E-state index in [0.29, 0.717) is 17.7 Å². The first kappa shape index (κ1) is 20.5. The lowest BCUT2D eigenvalue weighted by Gasteiger charge is -2.17. The van der Waals surface area contributed by atoms with E-state index in [1.165, 1.54) is 7.11 Å². The number of anilines is 1. The predicted octanol–water partition coefficient (Wildman–Crippen LogP) is 1.89. The summed E-state index contributed by atoms with van der Waals surface area (Å²) in [6.45, 7) is 0.849. The van der Waals surface area contributed by atoms with E-state index in [2.05, 4.69) is 16.0 Å². The standard InChI is InChI=1S/C22H25N3O4/c1-29-22(28)19(14-15-6-3-2-4-7-15)25-20(26)16-9-11-17(12-10-16)24-21(27)18-8-5-13-23-18/h2-4,6-7,9-12,18-19,23H,5,8,13-14H2,1H3,(H,24,27)(H,25,26). The molecule has 0 saturated carbocycles. The molecule has 7 nitrogen and oxygen atoms in total. The minimum absolute atomic E-state index is 0.0756. The molecule has 3 rings (SSSR count). The molecule has 2 aromatic rings. The smallest absolute Gasteiger partial charge is 0.328 e. The zero-order valence-corrected chi connectivity index (χ0v) is 16.3. The lowest BCUT2D eigenvalue weighted by molar-refractivity contribution is -0.142. The van der Waals surface area contributed by atoms with Gasteiger partial charge in [0.1, 0.15) is 6.04 Å². The summed E-state index contributed by atoms with van der Waals surface area (Å²) >= 11 is 0. The zero-order valence-electron chi connectivity index (χ0n) is 16.3. The Bertz CT molecular complexity index is 846. The molecule has 0 radical (unpaired) electrons. The van der Waals surface area contributed by atoms with Gasteiger partial charge in [-0.2, -0.15) is 0 Å². The Kier molecular flexibility index (Phi) is 6.97. The Labute approximate surface area is 169 Å². The molecular formula is C22H25N3O4. The third-order valence-corrected chi connectivity index (χ3v) is 4.87. The maximum absolute atomic E-state index is 12.6. The fourth-order valence-electron chi connectivity index (χ4n) is 3.27. The first-order chi connectivity index (χ1) is 14.1. The summed E-state index contributed by atoms with van der Waals surface area (Å²) in [5, 5.41) is 8.71. The van der Waals surface area contributed by atoms with Gasteiger partial charge in [0.15, 0.2) is 0 Å². The van der Waals surface area contributed by atoms with Crippen LogP contribution in [0.25, 0.3) is 0 Å². The van der Waals surface area contributed by atoms with E-state index in [-0.39, 0.29) is 17.9 Å². The quantitative estimate of drug-likeness (QED) is 0.622. The topological polar surface area (TPSA) is 96.5 Å². The van der Waals surface area contributed by atoms with Crippen LogP contribution < -0.4 is 16.0 Å². The molecule has 29 heavy (non-hydrogen) atoms. The molecule has 2 amide bonds. The van der Waals surface area contributed by atoms with Crippen molar-refractivity contribution in [2.24, 2.45) is 0 Å². The van der Waals surface area contributed by atoms with Crippen LogP contribution in [0, 0.1) is 0 Å². The highest BCUT2D eigenvalue weighted by Gasteiger charge is 2.23. The maximum atomic E-state index is 12.6. The Morgan fingerprint density at radius 1 is 1.10 bits per heavy atom. The monoisotopic (exact) mass is 395 g/mol. The number of nitrogens with one attached hydrogen (secondary N) is 3. The Hall–Kier alpha value is -3.19. The van der Waals surface area contributed by atoms with Gasteiger partial charge < -0.3 is 20.7 Å². The number of amides is 2. The van der Waals surface area contributed by atoms with Crippen molar-refractivity contribution in [1.29, 1.82) is 0 Å². The first-order valence-electron chi connectivity index (χ1n) is 9.64. The van der Waals surface area contributed by atoms with E-state index in [4.69, 9.17) is 4.74 Å². The number of hydrogen-bond donors (Lipinski definition) is 3. The molecule has 1 fully saturated rings. The lowest BCUT2D eigenvalue weighted by atomic mass is 10.1. The van der Waals surface area contributed by atoms with Crippen molar-refractivity contribution in [1.82, 2.24) is 10.6 Å². The van der Waals surface area contributed by atoms with E-state index in [1.54, 1.807) is 24.3 Å². The number of ether oxygens (including phenoxy) is 1. The average molecular weight is 395 g/mol. The van der Waals surface area contributed by atoms with Crippen molar-refractivity contribution in [3.8, 4) is 0 Å².